The number of para-hydroxylation sites is 1. The van der Waals surface area contributed by atoms with Crippen molar-refractivity contribution in [3.63, 3.8) is 0 Å². The van der Waals surface area contributed by atoms with E-state index in [0.717, 1.165) is 23.4 Å². The zero-order valence-corrected chi connectivity index (χ0v) is 14.2. The number of rotatable bonds is 2. The van der Waals surface area contributed by atoms with Gasteiger partial charge in [0.25, 0.3) is 0 Å². The molecule has 0 saturated heterocycles. The van der Waals surface area contributed by atoms with E-state index in [1.54, 1.807) is 7.11 Å². The molecule has 1 aliphatic heterocycles. The second kappa shape index (κ2) is 5.77. The van der Waals surface area contributed by atoms with Gasteiger partial charge in [-0.3, -0.25) is 0 Å². The van der Waals surface area contributed by atoms with Crippen molar-refractivity contribution in [1.29, 1.82) is 0 Å². The molecule has 0 saturated carbocycles. The zero-order valence-electron chi connectivity index (χ0n) is 12.7. The summed E-state index contributed by atoms with van der Waals surface area (Å²) in [6.45, 7) is 0. The number of methoxy groups -OCH3 is 1. The Labute approximate surface area is 146 Å². The predicted molar refractivity (Wildman–Crippen MR) is 95.8 cm³/mol. The molecule has 1 heterocycles. The van der Waals surface area contributed by atoms with E-state index in [0.29, 0.717) is 21.9 Å². The van der Waals surface area contributed by atoms with Gasteiger partial charge in [-0.2, -0.15) is 0 Å². The van der Waals surface area contributed by atoms with E-state index < -0.39 is 0 Å². The number of nitrogens with one attached hydrogen (secondary N) is 1. The van der Waals surface area contributed by atoms with Crippen molar-refractivity contribution in [2.45, 2.75) is 18.4 Å². The van der Waals surface area contributed by atoms with Crippen LogP contribution in [0.25, 0.3) is 0 Å². The molecule has 0 spiro atoms. The minimum Gasteiger partial charge on any atom is -0.495 e. The summed E-state index contributed by atoms with van der Waals surface area (Å²) in [5.74, 6) is 1.68. The number of halogens is 2. The monoisotopic (exact) mass is 345 g/mol. The topological polar surface area (TPSA) is 21.3 Å². The fraction of sp³-hybridized carbons (Fsp3) is 0.263. The predicted octanol–water partition coefficient (Wildman–Crippen LogP) is 5.83. The van der Waals surface area contributed by atoms with Gasteiger partial charge in [-0.15, -0.1) is 0 Å². The summed E-state index contributed by atoms with van der Waals surface area (Å²) in [5.41, 5.74) is 3.40. The lowest BCUT2D eigenvalue weighted by Crippen LogP contribution is -2.29. The first kappa shape index (κ1) is 14.9. The maximum absolute atomic E-state index is 6.49. The average molecular weight is 346 g/mol. The quantitative estimate of drug-likeness (QED) is 0.691. The molecule has 0 fully saturated rings. The molecule has 1 N–H and O–H groups in total. The van der Waals surface area contributed by atoms with Crippen molar-refractivity contribution >= 4 is 28.9 Å². The highest BCUT2D eigenvalue weighted by Crippen LogP contribution is 2.53. The van der Waals surface area contributed by atoms with Crippen LogP contribution in [-0.2, 0) is 0 Å². The van der Waals surface area contributed by atoms with E-state index in [1.807, 2.05) is 18.2 Å². The van der Waals surface area contributed by atoms with Crippen molar-refractivity contribution in [3.8, 4) is 5.75 Å². The number of fused-ring (bicyclic) bond motifs is 3. The molecule has 0 radical (unpaired) electrons. The molecular formula is C19H17Cl2NO. The first-order chi connectivity index (χ1) is 11.2. The Kier molecular flexibility index (Phi) is 3.74. The van der Waals surface area contributed by atoms with E-state index in [4.69, 9.17) is 27.9 Å². The maximum atomic E-state index is 6.49. The van der Waals surface area contributed by atoms with Gasteiger partial charge < -0.3 is 10.1 Å². The van der Waals surface area contributed by atoms with Crippen molar-refractivity contribution in [2.24, 2.45) is 5.92 Å². The van der Waals surface area contributed by atoms with Crippen LogP contribution in [0.3, 0.4) is 0 Å². The van der Waals surface area contributed by atoms with Crippen LogP contribution in [0.1, 0.15) is 29.5 Å². The van der Waals surface area contributed by atoms with E-state index >= 15 is 0 Å². The van der Waals surface area contributed by atoms with Crippen LogP contribution in [-0.4, -0.2) is 7.11 Å². The molecule has 0 aromatic heterocycles. The molecule has 2 aromatic rings. The molecule has 2 aliphatic rings. The molecule has 1 aliphatic carbocycles. The van der Waals surface area contributed by atoms with Gasteiger partial charge in [0.1, 0.15) is 5.75 Å². The Morgan fingerprint density at radius 1 is 1.09 bits per heavy atom. The highest BCUT2D eigenvalue weighted by Gasteiger charge is 2.39. The number of hydrogen-bond donors (Lipinski definition) is 1. The van der Waals surface area contributed by atoms with Gasteiger partial charge in [-0.1, -0.05) is 59.6 Å². The molecule has 23 heavy (non-hydrogen) atoms. The van der Waals surface area contributed by atoms with Gasteiger partial charge in [-0.25, -0.2) is 0 Å². The first-order valence-corrected chi connectivity index (χ1v) is 8.50. The van der Waals surface area contributed by atoms with Gasteiger partial charge in [0.05, 0.1) is 28.9 Å². The molecule has 0 bridgehead atoms. The highest BCUT2D eigenvalue weighted by molar-refractivity contribution is 6.42. The van der Waals surface area contributed by atoms with Crippen LogP contribution < -0.4 is 10.1 Å². The number of benzene rings is 2. The summed E-state index contributed by atoms with van der Waals surface area (Å²) in [5, 5.41) is 4.90. The maximum Gasteiger partial charge on any atom is 0.142 e. The Morgan fingerprint density at radius 3 is 2.70 bits per heavy atom. The lowest BCUT2D eigenvalue weighted by molar-refractivity contribution is 0.397. The van der Waals surface area contributed by atoms with E-state index in [-0.39, 0.29) is 6.04 Å². The summed E-state index contributed by atoms with van der Waals surface area (Å²) < 4.78 is 5.55. The third-order valence-corrected chi connectivity index (χ3v) is 5.73. The minimum absolute atomic E-state index is 0.116. The molecule has 0 unspecified atom stereocenters. The molecule has 2 nitrogen and oxygen atoms in total. The molecule has 118 valence electrons. The SMILES string of the molecule is COc1cccc2c1N[C@H](c1cccc(Cl)c1Cl)[C@H]1CC=C[C@@H]21. The lowest BCUT2D eigenvalue weighted by Gasteiger charge is -2.38. The standard InChI is InChI=1S/C19H17Cl2NO/c1-23-16-10-4-7-13-11-5-2-6-12(11)18(22-19(13)16)14-8-3-9-15(20)17(14)21/h2-5,7-12,18,22H,6H2,1H3/t11-,12+,18+/m1/s1. The van der Waals surface area contributed by atoms with Crippen molar-refractivity contribution in [2.75, 3.05) is 12.4 Å². The fourth-order valence-electron chi connectivity index (χ4n) is 3.83. The molecular weight excluding hydrogens is 329 g/mol. The van der Waals surface area contributed by atoms with Crippen LogP contribution in [0, 0.1) is 5.92 Å². The van der Waals surface area contributed by atoms with Crippen LogP contribution in [0.4, 0.5) is 5.69 Å². The van der Waals surface area contributed by atoms with Crippen LogP contribution >= 0.6 is 23.2 Å². The number of ether oxygens (including phenoxy) is 1. The molecule has 2 aromatic carbocycles. The third kappa shape index (κ3) is 2.32. The Hall–Kier alpha value is -1.64. The second-order valence-corrected chi connectivity index (χ2v) is 6.83. The third-order valence-electron chi connectivity index (χ3n) is 4.89. The van der Waals surface area contributed by atoms with Crippen LogP contribution in [0.5, 0.6) is 5.75 Å². The Bertz CT molecular complexity index is 787. The zero-order chi connectivity index (χ0) is 16.0. The van der Waals surface area contributed by atoms with E-state index in [1.165, 1.54) is 5.56 Å². The Balaban J connectivity index is 1.85. The van der Waals surface area contributed by atoms with Gasteiger partial charge in [0.2, 0.25) is 0 Å². The van der Waals surface area contributed by atoms with Gasteiger partial charge >= 0.3 is 0 Å². The normalized spacial score (nSPS) is 24.7. The van der Waals surface area contributed by atoms with E-state index in [9.17, 15) is 0 Å². The lowest BCUT2D eigenvalue weighted by atomic mass is 9.77. The van der Waals surface area contributed by atoms with Crippen molar-refractivity contribution in [3.05, 3.63) is 69.7 Å². The summed E-state index contributed by atoms with van der Waals surface area (Å²) in [4.78, 5) is 0. The molecule has 4 rings (SSSR count). The number of anilines is 1. The van der Waals surface area contributed by atoms with Gasteiger partial charge in [0.15, 0.2) is 0 Å². The summed E-state index contributed by atoms with van der Waals surface area (Å²) >= 11 is 12.7. The average Bonchev–Trinajstić information content (AvgIpc) is 3.06. The first-order valence-electron chi connectivity index (χ1n) is 7.74. The van der Waals surface area contributed by atoms with Crippen molar-refractivity contribution < 1.29 is 4.74 Å². The Morgan fingerprint density at radius 2 is 1.87 bits per heavy atom. The van der Waals surface area contributed by atoms with Crippen LogP contribution in [0.15, 0.2) is 48.6 Å². The smallest absolute Gasteiger partial charge is 0.142 e. The fourth-order valence-corrected chi connectivity index (χ4v) is 4.26. The minimum atomic E-state index is 0.116. The summed E-state index contributed by atoms with van der Waals surface area (Å²) in [7, 11) is 1.70. The van der Waals surface area contributed by atoms with Gasteiger partial charge in [0, 0.05) is 5.92 Å². The van der Waals surface area contributed by atoms with Crippen molar-refractivity contribution in [1.82, 2.24) is 0 Å². The molecule has 4 heteroatoms. The molecule has 3 atom stereocenters. The number of hydrogen-bond acceptors (Lipinski definition) is 2. The summed E-state index contributed by atoms with van der Waals surface area (Å²) in [6, 6.07) is 12.2. The molecule has 0 amide bonds. The van der Waals surface area contributed by atoms with E-state index in [2.05, 4.69) is 35.7 Å². The highest BCUT2D eigenvalue weighted by atomic mass is 35.5. The van der Waals surface area contributed by atoms with Crippen LogP contribution in [0.2, 0.25) is 10.0 Å². The number of allylic oxidation sites excluding steroid dienone is 2. The van der Waals surface area contributed by atoms with Gasteiger partial charge in [-0.05, 0) is 35.6 Å². The second-order valence-electron chi connectivity index (χ2n) is 6.04. The largest absolute Gasteiger partial charge is 0.495 e. The summed E-state index contributed by atoms with van der Waals surface area (Å²) in [6.07, 6.45) is 5.59.